The molecule has 18 heavy (non-hydrogen) atoms. The van der Waals surface area contributed by atoms with Gasteiger partial charge in [0.2, 0.25) is 0 Å². The first kappa shape index (κ1) is 13.8. The number of nitrogens with zero attached hydrogens (tertiary/aromatic N) is 1. The number of rotatable bonds is 4. The van der Waals surface area contributed by atoms with Gasteiger partial charge >= 0.3 is 0 Å². The third kappa shape index (κ3) is 3.23. The molecule has 0 aliphatic carbocycles. The molecule has 0 fully saturated rings. The maximum absolute atomic E-state index is 6.15. The summed E-state index contributed by atoms with van der Waals surface area (Å²) in [6, 6.07) is 8.12. The minimum absolute atomic E-state index is 0.137. The molecular formula is C13H14Cl2N2S. The Kier molecular flexibility index (Phi) is 4.62. The first-order valence-corrected chi connectivity index (χ1v) is 7.27. The Bertz CT molecular complexity index is 513. The van der Waals surface area contributed by atoms with Crippen molar-refractivity contribution in [3.05, 3.63) is 50.4 Å². The third-order valence-corrected chi connectivity index (χ3v) is 4.30. The second kappa shape index (κ2) is 6.02. The van der Waals surface area contributed by atoms with Gasteiger partial charge in [-0.1, -0.05) is 29.3 Å². The van der Waals surface area contributed by atoms with E-state index < -0.39 is 0 Å². The van der Waals surface area contributed by atoms with Crippen molar-refractivity contribution < 1.29 is 0 Å². The lowest BCUT2D eigenvalue weighted by molar-refractivity contribution is 0.487. The van der Waals surface area contributed by atoms with Crippen LogP contribution in [0.25, 0.3) is 0 Å². The topological polar surface area (TPSA) is 24.9 Å². The molecule has 0 aliphatic heterocycles. The number of thiophene rings is 1. The molecule has 2 aromatic rings. The standard InChI is InChI=1S/C13H14Cl2N2S/c1-8(10-7-12(14)18-13(10)15)17-9(2)11-5-3-4-6-16-11/h3-9,17H,1-2H3. The van der Waals surface area contributed by atoms with Crippen molar-refractivity contribution in [2.45, 2.75) is 25.9 Å². The van der Waals surface area contributed by atoms with E-state index in [1.807, 2.05) is 24.3 Å². The first-order valence-electron chi connectivity index (χ1n) is 5.69. The van der Waals surface area contributed by atoms with Crippen LogP contribution in [0.15, 0.2) is 30.5 Å². The molecule has 2 unspecified atom stereocenters. The predicted octanol–water partition coefficient (Wildman–Crippen LogP) is 4.86. The fourth-order valence-corrected chi connectivity index (χ4v) is 3.48. The summed E-state index contributed by atoms with van der Waals surface area (Å²) in [6.45, 7) is 4.16. The molecule has 2 heterocycles. The van der Waals surface area contributed by atoms with Crippen LogP contribution >= 0.6 is 34.5 Å². The van der Waals surface area contributed by atoms with Gasteiger partial charge in [0.05, 0.1) is 14.4 Å². The summed E-state index contributed by atoms with van der Waals surface area (Å²) in [5.41, 5.74) is 2.05. The monoisotopic (exact) mass is 300 g/mol. The number of nitrogens with one attached hydrogen (secondary N) is 1. The Morgan fingerprint density at radius 1 is 1.22 bits per heavy atom. The number of aromatic nitrogens is 1. The van der Waals surface area contributed by atoms with Gasteiger partial charge in [-0.05, 0) is 37.6 Å². The lowest BCUT2D eigenvalue weighted by atomic mass is 10.1. The highest BCUT2D eigenvalue weighted by Gasteiger charge is 2.16. The van der Waals surface area contributed by atoms with Crippen molar-refractivity contribution in [3.63, 3.8) is 0 Å². The van der Waals surface area contributed by atoms with Gasteiger partial charge in [-0.3, -0.25) is 4.98 Å². The number of pyridine rings is 1. The van der Waals surface area contributed by atoms with Gasteiger partial charge in [0.15, 0.2) is 0 Å². The van der Waals surface area contributed by atoms with E-state index in [0.717, 1.165) is 15.6 Å². The molecule has 0 amide bonds. The van der Waals surface area contributed by atoms with Crippen molar-refractivity contribution in [3.8, 4) is 0 Å². The Labute approximate surface area is 121 Å². The van der Waals surface area contributed by atoms with E-state index in [0.29, 0.717) is 4.34 Å². The number of hydrogen-bond acceptors (Lipinski definition) is 3. The molecule has 2 atom stereocenters. The second-order valence-electron chi connectivity index (χ2n) is 4.14. The highest BCUT2D eigenvalue weighted by atomic mass is 35.5. The largest absolute Gasteiger partial charge is 0.302 e. The van der Waals surface area contributed by atoms with Crippen LogP contribution in [-0.4, -0.2) is 4.98 Å². The smallest absolute Gasteiger partial charge is 0.0991 e. The normalized spacial score (nSPS) is 14.4. The summed E-state index contributed by atoms with van der Waals surface area (Å²) in [5.74, 6) is 0. The van der Waals surface area contributed by atoms with Gasteiger partial charge in [0, 0.05) is 18.3 Å². The van der Waals surface area contributed by atoms with Crippen LogP contribution in [0.1, 0.15) is 37.2 Å². The molecule has 96 valence electrons. The summed E-state index contributed by atoms with van der Waals surface area (Å²) in [5, 5.41) is 3.47. The van der Waals surface area contributed by atoms with E-state index in [1.165, 1.54) is 11.3 Å². The Morgan fingerprint density at radius 3 is 2.56 bits per heavy atom. The molecule has 2 rings (SSSR count). The average molecular weight is 301 g/mol. The van der Waals surface area contributed by atoms with Crippen LogP contribution < -0.4 is 5.32 Å². The van der Waals surface area contributed by atoms with Gasteiger partial charge in [-0.15, -0.1) is 11.3 Å². The predicted molar refractivity (Wildman–Crippen MR) is 78.5 cm³/mol. The molecule has 5 heteroatoms. The quantitative estimate of drug-likeness (QED) is 0.872. The highest BCUT2D eigenvalue weighted by Crippen LogP contribution is 2.35. The summed E-state index contributed by atoms with van der Waals surface area (Å²) in [4.78, 5) is 4.33. The van der Waals surface area contributed by atoms with Gasteiger partial charge in [0.1, 0.15) is 0 Å². The van der Waals surface area contributed by atoms with Crippen LogP contribution in [0, 0.1) is 0 Å². The Hall–Kier alpha value is -0.610. The number of halogens is 2. The Morgan fingerprint density at radius 2 is 2.00 bits per heavy atom. The third-order valence-electron chi connectivity index (χ3n) is 2.78. The fourth-order valence-electron chi connectivity index (χ4n) is 1.83. The molecular weight excluding hydrogens is 287 g/mol. The van der Waals surface area contributed by atoms with E-state index in [4.69, 9.17) is 23.2 Å². The molecule has 0 spiro atoms. The van der Waals surface area contributed by atoms with Gasteiger partial charge in [0.25, 0.3) is 0 Å². The van der Waals surface area contributed by atoms with Gasteiger partial charge in [-0.25, -0.2) is 0 Å². The summed E-state index contributed by atoms with van der Waals surface area (Å²) in [6.07, 6.45) is 1.80. The fraction of sp³-hybridized carbons (Fsp3) is 0.308. The first-order chi connectivity index (χ1) is 8.58. The molecule has 2 nitrogen and oxygen atoms in total. The molecule has 0 saturated carbocycles. The molecule has 0 aromatic carbocycles. The van der Waals surface area contributed by atoms with Crippen LogP contribution in [0.2, 0.25) is 8.67 Å². The minimum Gasteiger partial charge on any atom is -0.302 e. The number of hydrogen-bond donors (Lipinski definition) is 1. The maximum atomic E-state index is 6.15. The van der Waals surface area contributed by atoms with E-state index in [9.17, 15) is 0 Å². The summed E-state index contributed by atoms with van der Waals surface area (Å²) in [7, 11) is 0. The van der Waals surface area contributed by atoms with Crippen LogP contribution in [0.4, 0.5) is 0 Å². The average Bonchev–Trinajstić information content (AvgIpc) is 2.69. The summed E-state index contributed by atoms with van der Waals surface area (Å²) >= 11 is 13.5. The molecule has 0 saturated heterocycles. The van der Waals surface area contributed by atoms with Crippen molar-refractivity contribution >= 4 is 34.5 Å². The minimum atomic E-state index is 0.137. The van der Waals surface area contributed by atoms with E-state index in [1.54, 1.807) is 6.20 Å². The second-order valence-corrected chi connectivity index (χ2v) is 6.43. The lowest BCUT2D eigenvalue weighted by Crippen LogP contribution is -2.23. The highest BCUT2D eigenvalue weighted by molar-refractivity contribution is 7.20. The van der Waals surface area contributed by atoms with Crippen LogP contribution in [0.3, 0.4) is 0 Å². The van der Waals surface area contributed by atoms with Crippen molar-refractivity contribution in [2.24, 2.45) is 0 Å². The van der Waals surface area contributed by atoms with E-state index >= 15 is 0 Å². The van der Waals surface area contributed by atoms with Crippen LogP contribution in [0.5, 0.6) is 0 Å². The van der Waals surface area contributed by atoms with Crippen molar-refractivity contribution in [2.75, 3.05) is 0 Å². The zero-order valence-electron chi connectivity index (χ0n) is 10.2. The SMILES string of the molecule is CC(NC(C)c1cc(Cl)sc1Cl)c1ccccn1. The van der Waals surface area contributed by atoms with Gasteiger partial charge < -0.3 is 5.32 Å². The lowest BCUT2D eigenvalue weighted by Gasteiger charge is -2.19. The maximum Gasteiger partial charge on any atom is 0.0991 e. The van der Waals surface area contributed by atoms with Crippen molar-refractivity contribution in [1.29, 1.82) is 0 Å². The van der Waals surface area contributed by atoms with Crippen molar-refractivity contribution in [1.82, 2.24) is 10.3 Å². The van der Waals surface area contributed by atoms with E-state index in [2.05, 4.69) is 24.1 Å². The zero-order valence-corrected chi connectivity index (χ0v) is 12.5. The molecule has 1 N–H and O–H groups in total. The molecule has 0 aliphatic rings. The Balaban J connectivity index is 2.08. The zero-order chi connectivity index (χ0) is 13.1. The van der Waals surface area contributed by atoms with Crippen LogP contribution in [-0.2, 0) is 0 Å². The molecule has 0 bridgehead atoms. The molecule has 2 aromatic heterocycles. The van der Waals surface area contributed by atoms with E-state index in [-0.39, 0.29) is 12.1 Å². The van der Waals surface area contributed by atoms with Gasteiger partial charge in [-0.2, -0.15) is 0 Å². The molecule has 0 radical (unpaired) electrons. The summed E-state index contributed by atoms with van der Waals surface area (Å²) < 4.78 is 1.46.